The Bertz CT molecular complexity index is 511. The predicted molar refractivity (Wildman–Crippen MR) is 95.7 cm³/mol. The van der Waals surface area contributed by atoms with E-state index < -0.39 is 6.10 Å². The summed E-state index contributed by atoms with van der Waals surface area (Å²) in [6.07, 6.45) is -0.528. The van der Waals surface area contributed by atoms with Gasteiger partial charge in [-0.2, -0.15) is 0 Å². The van der Waals surface area contributed by atoms with E-state index in [-0.39, 0.29) is 42.6 Å². The first-order valence-corrected chi connectivity index (χ1v) is 7.14. The molecule has 2 N–H and O–H groups in total. The molecule has 23 heavy (non-hydrogen) atoms. The highest BCUT2D eigenvalue weighted by atomic mass is 35.5. The third-order valence-electron chi connectivity index (χ3n) is 3.59. The van der Waals surface area contributed by atoms with Crippen LogP contribution < -0.4 is 15.5 Å². The van der Waals surface area contributed by atoms with Crippen LogP contribution in [-0.2, 0) is 9.53 Å². The molecule has 0 aromatic heterocycles. The van der Waals surface area contributed by atoms with Crippen LogP contribution in [0.1, 0.15) is 13.8 Å². The van der Waals surface area contributed by atoms with Gasteiger partial charge in [-0.15, -0.1) is 24.8 Å². The normalized spacial score (nSPS) is 17.0. The van der Waals surface area contributed by atoms with Crippen molar-refractivity contribution in [3.63, 3.8) is 0 Å². The number of morpholine rings is 1. The number of ether oxygens (including phenoxy) is 1. The molecule has 0 spiro atoms. The number of amides is 1. The zero-order valence-electron chi connectivity index (χ0n) is 13.5. The number of anilines is 2. The second-order valence-electron chi connectivity index (χ2n) is 5.42. The van der Waals surface area contributed by atoms with E-state index in [4.69, 9.17) is 4.74 Å². The lowest BCUT2D eigenvalue weighted by molar-refractivity contribution is -0.128. The maximum absolute atomic E-state index is 14.1. The van der Waals surface area contributed by atoms with Gasteiger partial charge in [0.15, 0.2) is 0 Å². The van der Waals surface area contributed by atoms with Crippen molar-refractivity contribution < 1.29 is 13.9 Å². The summed E-state index contributed by atoms with van der Waals surface area (Å²) < 4.78 is 19.5. The highest BCUT2D eigenvalue weighted by molar-refractivity contribution is 5.94. The van der Waals surface area contributed by atoms with E-state index in [1.807, 2.05) is 25.8 Å². The van der Waals surface area contributed by atoms with E-state index in [2.05, 4.69) is 10.6 Å². The van der Waals surface area contributed by atoms with Gasteiger partial charge < -0.3 is 20.3 Å². The number of carbonyl (C=O) groups is 1. The van der Waals surface area contributed by atoms with E-state index in [1.54, 1.807) is 12.1 Å². The molecule has 5 nitrogen and oxygen atoms in total. The van der Waals surface area contributed by atoms with Crippen LogP contribution in [0.2, 0.25) is 0 Å². The summed E-state index contributed by atoms with van der Waals surface area (Å²) >= 11 is 0. The minimum atomic E-state index is -0.528. The van der Waals surface area contributed by atoms with Crippen molar-refractivity contribution in [2.75, 3.05) is 37.0 Å². The molecule has 1 amide bonds. The molecule has 1 atom stereocenters. The van der Waals surface area contributed by atoms with Crippen LogP contribution in [0.15, 0.2) is 18.2 Å². The molecule has 1 heterocycles. The maximum Gasteiger partial charge on any atom is 0.254 e. The number of rotatable bonds is 4. The zero-order valence-corrected chi connectivity index (χ0v) is 15.1. The molecule has 1 fully saturated rings. The first-order valence-electron chi connectivity index (χ1n) is 7.14. The molecular formula is C15H24Cl2FN3O2. The van der Waals surface area contributed by atoms with Crippen LogP contribution in [0, 0.1) is 5.82 Å². The van der Waals surface area contributed by atoms with Crippen LogP contribution in [0.3, 0.4) is 0 Å². The number of carbonyl (C=O) groups excluding carboxylic acids is 1. The number of benzene rings is 1. The molecule has 1 aromatic rings. The molecule has 0 unspecified atom stereocenters. The fraction of sp³-hybridized carbons (Fsp3) is 0.533. The van der Waals surface area contributed by atoms with Crippen molar-refractivity contribution in [1.29, 1.82) is 0 Å². The SMILES string of the molecule is CC(C)N(C)c1ccc(NC(=O)[C@H]2CNCCO2)cc1F.Cl.Cl. The summed E-state index contributed by atoms with van der Waals surface area (Å²) in [6.45, 7) is 5.70. The minimum absolute atomic E-state index is 0. The van der Waals surface area contributed by atoms with Gasteiger partial charge in [-0.3, -0.25) is 4.79 Å². The molecule has 0 radical (unpaired) electrons. The van der Waals surface area contributed by atoms with Gasteiger partial charge in [-0.25, -0.2) is 4.39 Å². The van der Waals surface area contributed by atoms with Gasteiger partial charge in [0.2, 0.25) is 0 Å². The maximum atomic E-state index is 14.1. The summed E-state index contributed by atoms with van der Waals surface area (Å²) in [5.41, 5.74) is 0.950. The smallest absolute Gasteiger partial charge is 0.254 e. The highest BCUT2D eigenvalue weighted by Gasteiger charge is 2.22. The van der Waals surface area contributed by atoms with Crippen molar-refractivity contribution >= 4 is 42.1 Å². The predicted octanol–water partition coefficient (Wildman–Crippen LogP) is 2.44. The molecule has 132 valence electrons. The molecule has 1 aliphatic heterocycles. The lowest BCUT2D eigenvalue weighted by Crippen LogP contribution is -2.45. The lowest BCUT2D eigenvalue weighted by Gasteiger charge is -2.25. The molecule has 2 rings (SSSR count). The Kier molecular flexibility index (Phi) is 9.46. The Morgan fingerprint density at radius 2 is 2.13 bits per heavy atom. The largest absolute Gasteiger partial charge is 0.370 e. The molecule has 0 aliphatic carbocycles. The molecule has 0 bridgehead atoms. The summed E-state index contributed by atoms with van der Waals surface area (Å²) in [6, 6.07) is 4.90. The van der Waals surface area contributed by atoms with E-state index >= 15 is 0 Å². The summed E-state index contributed by atoms with van der Waals surface area (Å²) in [5, 5.41) is 5.77. The first-order chi connectivity index (χ1) is 9.99. The second-order valence-corrected chi connectivity index (χ2v) is 5.42. The third kappa shape index (κ3) is 5.80. The number of hydrogen-bond donors (Lipinski definition) is 2. The fourth-order valence-corrected chi connectivity index (χ4v) is 2.11. The van der Waals surface area contributed by atoms with Crippen LogP contribution in [0.25, 0.3) is 0 Å². The number of hydrogen-bond acceptors (Lipinski definition) is 4. The molecule has 1 saturated heterocycles. The molecular weight excluding hydrogens is 344 g/mol. The van der Waals surface area contributed by atoms with Crippen LogP contribution in [-0.4, -0.2) is 44.8 Å². The minimum Gasteiger partial charge on any atom is -0.370 e. The second kappa shape index (κ2) is 9.93. The number of halogens is 3. The van der Waals surface area contributed by atoms with Crippen molar-refractivity contribution in [2.24, 2.45) is 0 Å². The third-order valence-corrected chi connectivity index (χ3v) is 3.59. The van der Waals surface area contributed by atoms with Gasteiger partial charge >= 0.3 is 0 Å². The fourth-order valence-electron chi connectivity index (χ4n) is 2.11. The first kappa shape index (κ1) is 21.9. The summed E-state index contributed by atoms with van der Waals surface area (Å²) in [7, 11) is 1.84. The van der Waals surface area contributed by atoms with Gasteiger partial charge in [0, 0.05) is 31.9 Å². The van der Waals surface area contributed by atoms with Gasteiger partial charge in [-0.1, -0.05) is 0 Å². The number of nitrogens with one attached hydrogen (secondary N) is 2. The quantitative estimate of drug-likeness (QED) is 0.857. The van der Waals surface area contributed by atoms with Crippen LogP contribution in [0.4, 0.5) is 15.8 Å². The van der Waals surface area contributed by atoms with E-state index in [9.17, 15) is 9.18 Å². The van der Waals surface area contributed by atoms with E-state index in [1.165, 1.54) is 6.07 Å². The van der Waals surface area contributed by atoms with Crippen molar-refractivity contribution in [3.8, 4) is 0 Å². The Morgan fingerprint density at radius 1 is 1.43 bits per heavy atom. The van der Waals surface area contributed by atoms with Gasteiger partial charge in [0.25, 0.3) is 5.91 Å². The van der Waals surface area contributed by atoms with E-state index in [0.29, 0.717) is 24.5 Å². The van der Waals surface area contributed by atoms with E-state index in [0.717, 1.165) is 6.54 Å². The topological polar surface area (TPSA) is 53.6 Å². The Morgan fingerprint density at radius 3 is 2.65 bits per heavy atom. The molecule has 0 saturated carbocycles. The summed E-state index contributed by atoms with van der Waals surface area (Å²) in [5.74, 6) is -0.613. The average molecular weight is 368 g/mol. The number of nitrogens with zero attached hydrogens (tertiary/aromatic N) is 1. The Hall–Kier alpha value is -1.08. The van der Waals surface area contributed by atoms with Crippen molar-refractivity contribution in [1.82, 2.24) is 5.32 Å². The zero-order chi connectivity index (χ0) is 15.4. The molecule has 1 aromatic carbocycles. The van der Waals surface area contributed by atoms with Crippen LogP contribution >= 0.6 is 24.8 Å². The summed E-state index contributed by atoms with van der Waals surface area (Å²) in [4.78, 5) is 13.8. The lowest BCUT2D eigenvalue weighted by atomic mass is 10.2. The molecule has 8 heteroatoms. The van der Waals surface area contributed by atoms with Gasteiger partial charge in [0.1, 0.15) is 11.9 Å². The van der Waals surface area contributed by atoms with Gasteiger partial charge in [0.05, 0.1) is 12.3 Å². The molecule has 1 aliphatic rings. The average Bonchev–Trinajstić information content (AvgIpc) is 2.47. The Balaban J connectivity index is 0.00000242. The monoisotopic (exact) mass is 367 g/mol. The van der Waals surface area contributed by atoms with Crippen LogP contribution in [0.5, 0.6) is 0 Å². The van der Waals surface area contributed by atoms with Gasteiger partial charge in [-0.05, 0) is 32.0 Å². The Labute approximate surface area is 148 Å². The van der Waals surface area contributed by atoms with Crippen molar-refractivity contribution in [3.05, 3.63) is 24.0 Å². The standard InChI is InChI=1S/C15H22FN3O2.2ClH/c1-10(2)19(3)13-5-4-11(8-12(13)16)18-15(20)14-9-17-6-7-21-14;;/h4-5,8,10,14,17H,6-7,9H2,1-3H3,(H,18,20);2*1H/t14-;;/m1../s1. The highest BCUT2D eigenvalue weighted by Crippen LogP contribution is 2.23. The van der Waals surface area contributed by atoms with Crippen molar-refractivity contribution in [2.45, 2.75) is 26.0 Å².